The Hall–Kier alpha value is -2.34. The molecule has 2 amide bonds. The molecule has 1 aromatic heterocycles. The molecule has 0 radical (unpaired) electrons. The number of methoxy groups -OCH3 is 1. The zero-order valence-electron chi connectivity index (χ0n) is 12.4. The number of nitrogens with zero attached hydrogens (tertiary/aromatic N) is 2. The molecule has 1 aromatic carbocycles. The fourth-order valence-electron chi connectivity index (χ4n) is 1.91. The number of rotatable bonds is 5. The van der Waals surface area contributed by atoms with Gasteiger partial charge in [-0.2, -0.15) is 0 Å². The minimum atomic E-state index is -0.307. The smallest absolute Gasteiger partial charge is 0.315 e. The van der Waals surface area contributed by atoms with Gasteiger partial charge in [-0.1, -0.05) is 17.7 Å². The van der Waals surface area contributed by atoms with Gasteiger partial charge in [0.15, 0.2) is 0 Å². The minimum absolute atomic E-state index is 0.275. The van der Waals surface area contributed by atoms with E-state index in [4.69, 9.17) is 16.3 Å². The molecule has 0 aliphatic carbocycles. The predicted molar refractivity (Wildman–Crippen MR) is 83.8 cm³/mol. The summed E-state index contributed by atoms with van der Waals surface area (Å²) in [5.74, 6) is 1.31. The predicted octanol–water partition coefficient (Wildman–Crippen LogP) is 2.45. The molecule has 0 saturated carbocycles. The van der Waals surface area contributed by atoms with Gasteiger partial charge in [0, 0.05) is 23.3 Å². The Kier molecular flexibility index (Phi) is 5.55. The van der Waals surface area contributed by atoms with Crippen LogP contribution in [0.2, 0.25) is 5.02 Å². The van der Waals surface area contributed by atoms with Gasteiger partial charge in [-0.15, -0.1) is 0 Å². The Morgan fingerprint density at radius 1 is 1.27 bits per heavy atom. The zero-order chi connectivity index (χ0) is 15.9. The molecule has 0 bridgehead atoms. The second-order valence-corrected chi connectivity index (χ2v) is 4.96. The summed E-state index contributed by atoms with van der Waals surface area (Å²) in [5.41, 5.74) is 1.48. The fourth-order valence-corrected chi connectivity index (χ4v) is 2.14. The molecule has 0 spiro atoms. The second kappa shape index (κ2) is 7.61. The summed E-state index contributed by atoms with van der Waals surface area (Å²) >= 11 is 6.11. The molecule has 2 aromatic rings. The first kappa shape index (κ1) is 16.0. The molecule has 0 atom stereocenters. The van der Waals surface area contributed by atoms with E-state index in [2.05, 4.69) is 20.6 Å². The lowest BCUT2D eigenvalue weighted by molar-refractivity contribution is 0.240. The number of benzene rings is 1. The Bertz CT molecular complexity index is 664. The van der Waals surface area contributed by atoms with Crippen LogP contribution in [0.3, 0.4) is 0 Å². The first-order chi connectivity index (χ1) is 10.6. The molecule has 0 saturated heterocycles. The summed E-state index contributed by atoms with van der Waals surface area (Å²) < 4.78 is 5.23. The number of amides is 2. The standard InChI is InChI=1S/C15H17ClN4O2/c1-10-17-7-6-11(20-10)8-18-15(21)19-9-12-13(16)4-3-5-14(12)22-2/h3-7H,8-9H2,1-2H3,(H2,18,19,21). The van der Waals surface area contributed by atoms with E-state index in [1.807, 2.05) is 0 Å². The van der Waals surface area contributed by atoms with Gasteiger partial charge >= 0.3 is 6.03 Å². The van der Waals surface area contributed by atoms with Crippen LogP contribution in [0.15, 0.2) is 30.5 Å². The maximum atomic E-state index is 11.8. The maximum absolute atomic E-state index is 11.8. The third kappa shape index (κ3) is 4.33. The van der Waals surface area contributed by atoms with Crippen LogP contribution >= 0.6 is 11.6 Å². The van der Waals surface area contributed by atoms with Crippen molar-refractivity contribution in [2.45, 2.75) is 20.0 Å². The third-order valence-electron chi connectivity index (χ3n) is 2.99. The van der Waals surface area contributed by atoms with E-state index in [9.17, 15) is 4.79 Å². The van der Waals surface area contributed by atoms with Gasteiger partial charge in [-0.05, 0) is 25.1 Å². The quantitative estimate of drug-likeness (QED) is 0.887. The summed E-state index contributed by atoms with van der Waals surface area (Å²) in [4.78, 5) is 20.0. The average molecular weight is 321 g/mol. The van der Waals surface area contributed by atoms with E-state index >= 15 is 0 Å². The van der Waals surface area contributed by atoms with E-state index < -0.39 is 0 Å². The molecule has 22 heavy (non-hydrogen) atoms. The maximum Gasteiger partial charge on any atom is 0.315 e. The molecule has 7 heteroatoms. The van der Waals surface area contributed by atoms with E-state index in [-0.39, 0.29) is 12.6 Å². The highest BCUT2D eigenvalue weighted by Gasteiger charge is 2.09. The number of carbonyl (C=O) groups is 1. The molecular formula is C15H17ClN4O2. The van der Waals surface area contributed by atoms with Gasteiger partial charge < -0.3 is 15.4 Å². The van der Waals surface area contributed by atoms with Crippen LogP contribution in [-0.4, -0.2) is 23.1 Å². The molecule has 6 nitrogen and oxygen atoms in total. The highest BCUT2D eigenvalue weighted by atomic mass is 35.5. The number of hydrogen-bond acceptors (Lipinski definition) is 4. The molecule has 2 N–H and O–H groups in total. The van der Waals surface area contributed by atoms with Gasteiger partial charge in [-0.3, -0.25) is 0 Å². The number of ether oxygens (including phenoxy) is 1. The number of carbonyl (C=O) groups excluding carboxylic acids is 1. The summed E-state index contributed by atoms with van der Waals surface area (Å²) in [6, 6.07) is 6.79. The molecule has 0 aliphatic rings. The van der Waals surface area contributed by atoms with Gasteiger partial charge in [0.2, 0.25) is 0 Å². The summed E-state index contributed by atoms with van der Waals surface area (Å²) in [6.07, 6.45) is 1.66. The minimum Gasteiger partial charge on any atom is -0.496 e. The van der Waals surface area contributed by atoms with E-state index in [1.165, 1.54) is 0 Å². The SMILES string of the molecule is COc1cccc(Cl)c1CNC(=O)NCc1ccnc(C)n1. The lowest BCUT2D eigenvalue weighted by atomic mass is 10.2. The van der Waals surface area contributed by atoms with Crippen LogP contribution in [0, 0.1) is 6.92 Å². The number of hydrogen-bond donors (Lipinski definition) is 2. The van der Waals surface area contributed by atoms with Gasteiger partial charge in [-0.25, -0.2) is 14.8 Å². The second-order valence-electron chi connectivity index (χ2n) is 4.55. The summed E-state index contributed by atoms with van der Waals surface area (Å²) in [5, 5.41) is 6.02. The van der Waals surface area contributed by atoms with E-state index in [0.29, 0.717) is 23.1 Å². The normalized spacial score (nSPS) is 10.1. The number of aromatic nitrogens is 2. The lowest BCUT2D eigenvalue weighted by Gasteiger charge is -2.12. The number of urea groups is 1. The van der Waals surface area contributed by atoms with Crippen molar-refractivity contribution in [3.05, 3.63) is 52.6 Å². The molecule has 0 aliphatic heterocycles. The molecule has 116 valence electrons. The number of halogens is 1. The van der Waals surface area contributed by atoms with Crippen molar-refractivity contribution < 1.29 is 9.53 Å². The van der Waals surface area contributed by atoms with Crippen molar-refractivity contribution in [1.29, 1.82) is 0 Å². The van der Waals surface area contributed by atoms with Crippen molar-refractivity contribution in [2.24, 2.45) is 0 Å². The number of nitrogens with one attached hydrogen (secondary N) is 2. The van der Waals surface area contributed by atoms with Gasteiger partial charge in [0.1, 0.15) is 11.6 Å². The van der Waals surface area contributed by atoms with Gasteiger partial charge in [0.05, 0.1) is 19.3 Å². The molecule has 1 heterocycles. The number of aryl methyl sites for hydroxylation is 1. The summed E-state index contributed by atoms with van der Waals surface area (Å²) in [7, 11) is 1.56. The van der Waals surface area contributed by atoms with Crippen LogP contribution < -0.4 is 15.4 Å². The van der Waals surface area contributed by atoms with Crippen LogP contribution in [-0.2, 0) is 13.1 Å². The largest absolute Gasteiger partial charge is 0.496 e. The van der Waals surface area contributed by atoms with Crippen molar-refractivity contribution in [3.63, 3.8) is 0 Å². The first-order valence-electron chi connectivity index (χ1n) is 6.71. The topological polar surface area (TPSA) is 76.1 Å². The van der Waals surface area contributed by atoms with Gasteiger partial charge in [0.25, 0.3) is 0 Å². The Labute approximate surface area is 133 Å². The monoisotopic (exact) mass is 320 g/mol. The van der Waals surface area contributed by atoms with E-state index in [0.717, 1.165) is 11.3 Å². The molecule has 2 rings (SSSR count). The Balaban J connectivity index is 1.88. The highest BCUT2D eigenvalue weighted by molar-refractivity contribution is 6.31. The molecule has 0 unspecified atom stereocenters. The van der Waals surface area contributed by atoms with Crippen molar-refractivity contribution in [1.82, 2.24) is 20.6 Å². The van der Waals surface area contributed by atoms with Crippen LogP contribution in [0.4, 0.5) is 4.79 Å². The average Bonchev–Trinajstić information content (AvgIpc) is 2.51. The van der Waals surface area contributed by atoms with Crippen molar-refractivity contribution in [3.8, 4) is 5.75 Å². The fraction of sp³-hybridized carbons (Fsp3) is 0.267. The van der Waals surface area contributed by atoms with Crippen molar-refractivity contribution in [2.75, 3.05) is 7.11 Å². The molecular weight excluding hydrogens is 304 g/mol. The van der Waals surface area contributed by atoms with E-state index in [1.54, 1.807) is 44.5 Å². The Morgan fingerprint density at radius 3 is 2.77 bits per heavy atom. The lowest BCUT2D eigenvalue weighted by Crippen LogP contribution is -2.35. The molecule has 0 fully saturated rings. The third-order valence-corrected chi connectivity index (χ3v) is 3.34. The van der Waals surface area contributed by atoms with Crippen LogP contribution in [0.25, 0.3) is 0 Å². The zero-order valence-corrected chi connectivity index (χ0v) is 13.1. The van der Waals surface area contributed by atoms with Crippen LogP contribution in [0.5, 0.6) is 5.75 Å². The highest BCUT2D eigenvalue weighted by Crippen LogP contribution is 2.25. The van der Waals surface area contributed by atoms with Crippen molar-refractivity contribution >= 4 is 17.6 Å². The Morgan fingerprint density at radius 2 is 2.05 bits per heavy atom. The van der Waals surface area contributed by atoms with Crippen LogP contribution in [0.1, 0.15) is 17.1 Å². The summed E-state index contributed by atoms with van der Waals surface area (Å²) in [6.45, 7) is 2.40. The first-order valence-corrected chi connectivity index (χ1v) is 7.09.